The second-order valence-corrected chi connectivity index (χ2v) is 33.9. The highest BCUT2D eigenvalue weighted by Gasteiger charge is 2.27. The van der Waals surface area contributed by atoms with Gasteiger partial charge in [-0.15, -0.1) is 0 Å². The van der Waals surface area contributed by atoms with E-state index in [1.54, 1.807) is 0 Å². The van der Waals surface area contributed by atoms with E-state index in [2.05, 4.69) is 91.0 Å². The Kier molecular flexibility index (Phi) is 80.3. The number of quaternary nitrogens is 2. The first-order valence-electron chi connectivity index (χ1n) is 46.3. The second kappa shape index (κ2) is 80.2. The highest BCUT2D eigenvalue weighted by molar-refractivity contribution is 5.77. The van der Waals surface area contributed by atoms with Crippen LogP contribution in [0.3, 0.4) is 0 Å². The summed E-state index contributed by atoms with van der Waals surface area (Å²) in [5.41, 5.74) is 0. The van der Waals surface area contributed by atoms with E-state index in [1.165, 1.54) is 180 Å². The first kappa shape index (κ1) is 110. The zero-order valence-corrected chi connectivity index (χ0v) is 74.7. The van der Waals surface area contributed by atoms with Crippen molar-refractivity contribution in [2.75, 3.05) is 80.7 Å². The standard InChI is InChI=1S/C91H176N6O11.2CH3/c1-11-17-23-29-33-37-39-43-45-51-57-65-85(98)94-81(79-105-89(102)77-83(63-55-49-27-21-15-5)107-87(100)67-59-53-47-41-35-31-25-19-13-3)69-75-96(7,8)73-61-71-92-91(104)93-72-62-74-97(9,10)76-70-82(95-86(99)66-58-52-46-44-40-38-34-30-24-18-12-2)80-106-90(103)78-84(64-56-50-28-22-16-6)108-88(101)68-60-54-48-42-36-32-26-20-14-4;;/h81-84H,11-80H2,1-10H3,(H2-2,92,93,94,95,98,99,104);2*1H3/q;2*-1/p+2/t81-,82-,83+,84+;;/m0../s1. The molecular formula is C93H184N6O11. The largest absolute Gasteiger partial charge is 0.463 e. The molecule has 0 aromatic rings. The van der Waals surface area contributed by atoms with Gasteiger partial charge in [-0.05, 0) is 51.4 Å². The molecule has 652 valence electrons. The Morgan fingerprint density at radius 1 is 0.273 bits per heavy atom. The fraction of sp³-hybridized carbons (Fsp3) is 0.903. The van der Waals surface area contributed by atoms with Crippen LogP contribution in [-0.4, -0.2) is 156 Å². The highest BCUT2D eigenvalue weighted by atomic mass is 16.6. The van der Waals surface area contributed by atoms with Gasteiger partial charge in [0.15, 0.2) is 0 Å². The van der Waals surface area contributed by atoms with Gasteiger partial charge in [-0.2, -0.15) is 0 Å². The normalized spacial score (nSPS) is 12.6. The van der Waals surface area contributed by atoms with E-state index in [4.69, 9.17) is 18.9 Å². The number of unbranched alkanes of at least 4 members (excludes halogenated alkanes) is 44. The molecule has 4 amide bonds. The maximum atomic E-state index is 13.6. The SMILES string of the molecule is CCCCCCCCCCCCCC(=O)N[C@@H](CC[N+](C)(C)CCCNC(=O)NCCC[N+](C)(C)CC[C@@H](COC(=O)C[C@@H](CCCCCCC)OC(=O)CCCCCCCCCCC)NC(=O)CCCCCCCCCCCCC)COC(=O)C[C@@H](CCCCCCC)OC(=O)CCCCCCCCCCC.[CH3-].[CH3-]. The average Bonchev–Trinajstić information content (AvgIpc) is 0.923. The quantitative estimate of drug-likeness (QED) is 0.0148. The Morgan fingerprint density at radius 3 is 0.773 bits per heavy atom. The molecule has 0 aliphatic heterocycles. The van der Waals surface area contributed by atoms with Crippen molar-refractivity contribution >= 4 is 41.7 Å². The van der Waals surface area contributed by atoms with Crippen molar-refractivity contribution in [3.8, 4) is 0 Å². The van der Waals surface area contributed by atoms with E-state index in [1.807, 2.05) is 0 Å². The molecule has 0 fully saturated rings. The number of rotatable bonds is 82. The summed E-state index contributed by atoms with van der Waals surface area (Å²) in [5, 5.41) is 12.6. The van der Waals surface area contributed by atoms with Crippen LogP contribution in [0.5, 0.6) is 0 Å². The van der Waals surface area contributed by atoms with Crippen LogP contribution in [0.4, 0.5) is 4.79 Å². The summed E-state index contributed by atoms with van der Waals surface area (Å²) in [6.07, 6.45) is 62.7. The van der Waals surface area contributed by atoms with Gasteiger partial charge in [0.2, 0.25) is 11.8 Å². The molecule has 0 saturated heterocycles. The van der Waals surface area contributed by atoms with E-state index < -0.39 is 24.1 Å². The lowest BCUT2D eigenvalue weighted by Gasteiger charge is -2.32. The molecule has 0 heterocycles. The van der Waals surface area contributed by atoms with Crippen molar-refractivity contribution in [1.29, 1.82) is 0 Å². The van der Waals surface area contributed by atoms with Gasteiger partial charge in [-0.25, -0.2) is 4.79 Å². The molecule has 0 unspecified atom stereocenters. The number of urea groups is 1. The average molecular weight is 1560 g/mol. The van der Waals surface area contributed by atoms with Crippen molar-refractivity contribution in [3.05, 3.63) is 14.9 Å². The van der Waals surface area contributed by atoms with Crippen LogP contribution in [0.2, 0.25) is 0 Å². The fourth-order valence-electron chi connectivity index (χ4n) is 14.5. The fourth-order valence-corrected chi connectivity index (χ4v) is 14.5. The first-order valence-corrected chi connectivity index (χ1v) is 46.3. The third kappa shape index (κ3) is 76.6. The van der Waals surface area contributed by atoms with E-state index in [-0.39, 0.29) is 82.8 Å². The number of nitrogens with one attached hydrogen (secondary N) is 4. The Labute approximate surface area is 680 Å². The van der Waals surface area contributed by atoms with Crippen molar-refractivity contribution in [2.24, 2.45) is 0 Å². The van der Waals surface area contributed by atoms with Crippen LogP contribution in [0.25, 0.3) is 0 Å². The Hall–Kier alpha value is -3.99. The van der Waals surface area contributed by atoms with Gasteiger partial charge in [0, 0.05) is 64.5 Å². The van der Waals surface area contributed by atoms with Gasteiger partial charge < -0.3 is 64.0 Å². The van der Waals surface area contributed by atoms with E-state index in [9.17, 15) is 33.6 Å². The maximum absolute atomic E-state index is 13.6. The van der Waals surface area contributed by atoms with Crippen molar-refractivity contribution in [2.45, 2.75) is 464 Å². The van der Waals surface area contributed by atoms with Crippen molar-refractivity contribution in [3.63, 3.8) is 0 Å². The number of hydrogen-bond donors (Lipinski definition) is 4. The van der Waals surface area contributed by atoms with Crippen LogP contribution < -0.4 is 21.3 Å². The predicted octanol–water partition coefficient (Wildman–Crippen LogP) is 23.5. The Balaban J connectivity index is -0.0000572. The Morgan fingerprint density at radius 2 is 0.509 bits per heavy atom. The molecule has 0 aromatic carbocycles. The summed E-state index contributed by atoms with van der Waals surface area (Å²) in [6, 6.07) is -0.965. The molecular weight excluding hydrogens is 1380 g/mol. The topological polar surface area (TPSA) is 205 Å². The summed E-state index contributed by atoms with van der Waals surface area (Å²) in [4.78, 5) is 93.8. The lowest BCUT2D eigenvalue weighted by atomic mass is 10.0. The summed E-state index contributed by atoms with van der Waals surface area (Å²) in [6.45, 7) is 17.4. The van der Waals surface area contributed by atoms with Crippen molar-refractivity contribution < 1.29 is 61.5 Å². The highest BCUT2D eigenvalue weighted by Crippen LogP contribution is 2.21. The van der Waals surface area contributed by atoms with Gasteiger partial charge in [-0.3, -0.25) is 28.8 Å². The molecule has 0 rings (SSSR count). The van der Waals surface area contributed by atoms with Gasteiger partial charge in [-0.1, -0.05) is 324 Å². The molecule has 4 atom stereocenters. The van der Waals surface area contributed by atoms with Gasteiger partial charge >= 0.3 is 29.9 Å². The number of carbonyl (C=O) groups excluding carboxylic acids is 7. The van der Waals surface area contributed by atoms with Crippen LogP contribution in [0.15, 0.2) is 0 Å². The minimum atomic E-state index is -0.532. The minimum Gasteiger partial charge on any atom is -0.463 e. The molecule has 0 bridgehead atoms. The Bertz CT molecular complexity index is 1970. The van der Waals surface area contributed by atoms with E-state index in [0.717, 1.165) is 167 Å². The molecule has 17 nitrogen and oxygen atoms in total. The van der Waals surface area contributed by atoms with Crippen LogP contribution in [0.1, 0.15) is 440 Å². The predicted molar refractivity (Wildman–Crippen MR) is 464 cm³/mol. The molecule has 0 saturated carbocycles. The smallest absolute Gasteiger partial charge is 0.314 e. The molecule has 0 spiro atoms. The number of ether oxygens (including phenoxy) is 4. The lowest BCUT2D eigenvalue weighted by Crippen LogP contribution is -2.48. The zero-order valence-electron chi connectivity index (χ0n) is 74.7. The second-order valence-electron chi connectivity index (χ2n) is 33.9. The first-order chi connectivity index (χ1) is 52.3. The van der Waals surface area contributed by atoms with Crippen LogP contribution >= 0.6 is 0 Å². The molecule has 110 heavy (non-hydrogen) atoms. The van der Waals surface area contributed by atoms with E-state index in [0.29, 0.717) is 86.5 Å². The van der Waals surface area contributed by atoms with Crippen LogP contribution in [0, 0.1) is 14.9 Å². The lowest BCUT2D eigenvalue weighted by molar-refractivity contribution is -0.890. The third-order valence-corrected chi connectivity index (χ3v) is 21.9. The number of hydrogen-bond acceptors (Lipinski definition) is 11. The van der Waals surface area contributed by atoms with Gasteiger partial charge in [0.1, 0.15) is 25.4 Å². The summed E-state index contributed by atoms with van der Waals surface area (Å²) in [7, 11) is 8.61. The van der Waals surface area contributed by atoms with Crippen LogP contribution in [-0.2, 0) is 47.7 Å². The molecule has 0 aliphatic rings. The number of carbonyl (C=O) groups is 7. The molecule has 0 aliphatic carbocycles. The number of amides is 4. The molecule has 4 N–H and O–H groups in total. The molecule has 0 radical (unpaired) electrons. The summed E-state index contributed by atoms with van der Waals surface area (Å²) < 4.78 is 25.2. The summed E-state index contributed by atoms with van der Waals surface area (Å²) in [5.74, 6) is -1.35. The van der Waals surface area contributed by atoms with Gasteiger partial charge in [0.05, 0.1) is 79.3 Å². The van der Waals surface area contributed by atoms with Crippen molar-refractivity contribution in [1.82, 2.24) is 21.3 Å². The summed E-state index contributed by atoms with van der Waals surface area (Å²) >= 11 is 0. The minimum absolute atomic E-state index is 0. The van der Waals surface area contributed by atoms with E-state index >= 15 is 0 Å². The number of nitrogens with zero attached hydrogens (tertiary/aromatic N) is 2. The third-order valence-electron chi connectivity index (χ3n) is 21.9. The zero-order chi connectivity index (χ0) is 79.5. The monoisotopic (exact) mass is 1560 g/mol. The molecule has 0 aromatic heterocycles. The van der Waals surface area contributed by atoms with Gasteiger partial charge in [0.25, 0.3) is 0 Å². The molecule has 17 heteroatoms. The maximum Gasteiger partial charge on any atom is 0.314 e. The number of esters is 4.